The second-order valence-electron chi connectivity index (χ2n) is 5.62. The molecule has 0 saturated heterocycles. The number of hydrogen-bond donors (Lipinski definition) is 2. The maximum absolute atomic E-state index is 12.4. The van der Waals surface area contributed by atoms with E-state index in [0.29, 0.717) is 17.8 Å². The molecule has 0 atom stereocenters. The molecule has 1 rings (SSSR count). The average molecular weight is 273 g/mol. The molecule has 0 spiro atoms. The number of pyridine rings is 1. The van der Waals surface area contributed by atoms with E-state index >= 15 is 0 Å². The molecule has 0 saturated carbocycles. The van der Waals surface area contributed by atoms with E-state index in [1.54, 1.807) is 0 Å². The van der Waals surface area contributed by atoms with Crippen LogP contribution in [0.5, 0.6) is 0 Å². The Labute approximate surface area is 110 Å². The maximum Gasteiger partial charge on any atom is 0.433 e. The highest BCUT2D eigenvalue weighted by molar-refractivity contribution is 5.67. The zero-order valence-electron chi connectivity index (χ0n) is 11.2. The molecule has 6 heteroatoms. The minimum Gasteiger partial charge on any atom is -0.397 e. The number of aromatic nitrogens is 1. The number of halogens is 3. The van der Waals surface area contributed by atoms with Gasteiger partial charge in [-0.1, -0.05) is 27.4 Å². The zero-order valence-corrected chi connectivity index (χ0v) is 11.2. The molecule has 1 heterocycles. The minimum absolute atomic E-state index is 0.00242. The summed E-state index contributed by atoms with van der Waals surface area (Å²) in [5.74, 6) is 0. The van der Waals surface area contributed by atoms with Gasteiger partial charge in [0.2, 0.25) is 0 Å². The first-order chi connectivity index (χ1) is 8.49. The van der Waals surface area contributed by atoms with Gasteiger partial charge in [0, 0.05) is 5.70 Å². The molecular weight excluding hydrogens is 255 g/mol. The van der Waals surface area contributed by atoms with Gasteiger partial charge in [-0.25, -0.2) is 4.98 Å². The lowest BCUT2D eigenvalue weighted by atomic mass is 9.91. The van der Waals surface area contributed by atoms with Gasteiger partial charge >= 0.3 is 6.18 Å². The summed E-state index contributed by atoms with van der Waals surface area (Å²) in [5.41, 5.74) is 5.62. The second kappa shape index (κ2) is 5.11. The monoisotopic (exact) mass is 273 g/mol. The third-order valence-electron chi connectivity index (χ3n) is 2.28. The number of anilines is 2. The van der Waals surface area contributed by atoms with Crippen molar-refractivity contribution in [1.82, 2.24) is 4.98 Å². The number of alkyl halides is 3. The summed E-state index contributed by atoms with van der Waals surface area (Å²) in [6.45, 7) is 9.94. The van der Waals surface area contributed by atoms with E-state index < -0.39 is 11.9 Å². The smallest absolute Gasteiger partial charge is 0.397 e. The Kier molecular flexibility index (Phi) is 4.12. The van der Waals surface area contributed by atoms with Crippen LogP contribution < -0.4 is 11.1 Å². The minimum atomic E-state index is -4.49. The summed E-state index contributed by atoms with van der Waals surface area (Å²) in [6.07, 6.45) is -2.74. The zero-order chi connectivity index (χ0) is 14.8. The first-order valence-corrected chi connectivity index (χ1v) is 5.76. The summed E-state index contributed by atoms with van der Waals surface area (Å²) in [7, 11) is 0. The Morgan fingerprint density at radius 1 is 1.37 bits per heavy atom. The Bertz CT molecular complexity index is 473. The molecule has 0 fully saturated rings. The van der Waals surface area contributed by atoms with E-state index in [1.165, 1.54) is 0 Å². The molecule has 0 aliphatic heterocycles. The first kappa shape index (κ1) is 15.3. The van der Waals surface area contributed by atoms with E-state index in [-0.39, 0.29) is 11.1 Å². The highest BCUT2D eigenvalue weighted by Crippen LogP contribution is 2.32. The van der Waals surface area contributed by atoms with Gasteiger partial charge in [0.05, 0.1) is 17.6 Å². The van der Waals surface area contributed by atoms with Crippen molar-refractivity contribution in [2.45, 2.75) is 33.4 Å². The summed E-state index contributed by atoms with van der Waals surface area (Å²) < 4.78 is 37.3. The predicted molar refractivity (Wildman–Crippen MR) is 70.5 cm³/mol. The quantitative estimate of drug-likeness (QED) is 0.873. The molecule has 0 bridgehead atoms. The molecule has 0 aromatic carbocycles. The van der Waals surface area contributed by atoms with Gasteiger partial charge in [-0.05, 0) is 17.9 Å². The molecule has 0 radical (unpaired) electrons. The second-order valence-corrected chi connectivity index (χ2v) is 5.62. The van der Waals surface area contributed by atoms with Gasteiger partial charge in [0.15, 0.2) is 0 Å². The summed E-state index contributed by atoms with van der Waals surface area (Å²) in [5, 5.41) is 2.90. The molecule has 0 unspecified atom stereocenters. The van der Waals surface area contributed by atoms with E-state index in [9.17, 15) is 13.2 Å². The van der Waals surface area contributed by atoms with Crippen LogP contribution in [0.1, 0.15) is 32.9 Å². The lowest BCUT2D eigenvalue weighted by Crippen LogP contribution is -2.13. The number of nitrogens with two attached hydrogens (primary N) is 1. The maximum atomic E-state index is 12.4. The van der Waals surface area contributed by atoms with Crippen LogP contribution in [0.25, 0.3) is 0 Å². The van der Waals surface area contributed by atoms with E-state index in [1.807, 2.05) is 20.8 Å². The summed E-state index contributed by atoms with van der Waals surface area (Å²) in [4.78, 5) is 3.35. The van der Waals surface area contributed by atoms with Crippen molar-refractivity contribution in [3.8, 4) is 0 Å². The van der Waals surface area contributed by atoms with Crippen molar-refractivity contribution in [2.24, 2.45) is 5.41 Å². The molecule has 19 heavy (non-hydrogen) atoms. The largest absolute Gasteiger partial charge is 0.433 e. The van der Waals surface area contributed by atoms with Crippen molar-refractivity contribution in [3.63, 3.8) is 0 Å². The van der Waals surface area contributed by atoms with Gasteiger partial charge in [0.1, 0.15) is 5.69 Å². The topological polar surface area (TPSA) is 50.9 Å². The Morgan fingerprint density at radius 3 is 2.37 bits per heavy atom. The third-order valence-corrected chi connectivity index (χ3v) is 2.28. The number of nitrogen functional groups attached to an aromatic ring is 1. The van der Waals surface area contributed by atoms with Gasteiger partial charge in [-0.15, -0.1) is 0 Å². The van der Waals surface area contributed by atoms with Crippen LogP contribution in [0.3, 0.4) is 0 Å². The fraction of sp³-hybridized carbons (Fsp3) is 0.462. The lowest BCUT2D eigenvalue weighted by molar-refractivity contribution is -0.141. The molecule has 0 amide bonds. The molecule has 3 nitrogen and oxygen atoms in total. The molecule has 0 aliphatic rings. The Morgan fingerprint density at radius 2 is 1.95 bits per heavy atom. The normalized spacial score (nSPS) is 12.3. The highest BCUT2D eigenvalue weighted by atomic mass is 19.4. The summed E-state index contributed by atoms with van der Waals surface area (Å²) in [6, 6.07) is 0.812. The molecular formula is C13H18F3N3. The van der Waals surface area contributed by atoms with Crippen LogP contribution in [-0.2, 0) is 6.18 Å². The molecule has 106 valence electrons. The Balaban J connectivity index is 2.84. The van der Waals surface area contributed by atoms with Crippen molar-refractivity contribution >= 4 is 11.4 Å². The van der Waals surface area contributed by atoms with Crippen LogP contribution in [-0.4, -0.2) is 4.98 Å². The standard InChI is InChI=1S/C13H18F3N3/c1-8(6-12(2,3)4)19-10-7-18-11(5-9(10)17)13(14,15)16/h5,7,19H,1,6H2,2-4H3,(H2,17,18). The van der Waals surface area contributed by atoms with E-state index in [4.69, 9.17) is 5.73 Å². The van der Waals surface area contributed by atoms with Crippen molar-refractivity contribution in [1.29, 1.82) is 0 Å². The molecule has 0 aliphatic carbocycles. The van der Waals surface area contributed by atoms with E-state index in [0.717, 1.165) is 12.3 Å². The van der Waals surface area contributed by atoms with E-state index in [2.05, 4.69) is 16.9 Å². The van der Waals surface area contributed by atoms with Crippen LogP contribution in [0.4, 0.5) is 24.5 Å². The van der Waals surface area contributed by atoms with Crippen molar-refractivity contribution < 1.29 is 13.2 Å². The fourth-order valence-corrected chi connectivity index (χ4v) is 1.61. The van der Waals surface area contributed by atoms with Gasteiger partial charge in [0.25, 0.3) is 0 Å². The highest BCUT2D eigenvalue weighted by Gasteiger charge is 2.32. The van der Waals surface area contributed by atoms with Crippen LogP contribution in [0.15, 0.2) is 24.5 Å². The van der Waals surface area contributed by atoms with Gasteiger partial charge in [-0.3, -0.25) is 0 Å². The molecule has 3 N–H and O–H groups in total. The number of rotatable bonds is 3. The lowest BCUT2D eigenvalue weighted by Gasteiger charge is -2.21. The number of allylic oxidation sites excluding steroid dienone is 1. The van der Waals surface area contributed by atoms with Gasteiger partial charge < -0.3 is 11.1 Å². The van der Waals surface area contributed by atoms with Gasteiger partial charge in [-0.2, -0.15) is 13.2 Å². The number of nitrogens with one attached hydrogen (secondary N) is 1. The predicted octanol–water partition coefficient (Wildman–Crippen LogP) is 4.04. The first-order valence-electron chi connectivity index (χ1n) is 5.76. The number of nitrogens with zero attached hydrogens (tertiary/aromatic N) is 1. The van der Waals surface area contributed by atoms with Crippen molar-refractivity contribution in [3.05, 3.63) is 30.2 Å². The fourth-order valence-electron chi connectivity index (χ4n) is 1.61. The van der Waals surface area contributed by atoms with Crippen LogP contribution in [0, 0.1) is 5.41 Å². The third kappa shape index (κ3) is 4.81. The van der Waals surface area contributed by atoms with Crippen molar-refractivity contribution in [2.75, 3.05) is 11.1 Å². The molecule has 1 aromatic rings. The number of hydrogen-bond acceptors (Lipinski definition) is 3. The summed E-state index contributed by atoms with van der Waals surface area (Å²) >= 11 is 0. The van der Waals surface area contributed by atoms with Crippen LogP contribution >= 0.6 is 0 Å². The Hall–Kier alpha value is -1.72. The SMILES string of the molecule is C=C(CC(C)(C)C)Nc1cnc(C(F)(F)F)cc1N. The molecule has 1 aromatic heterocycles. The van der Waals surface area contributed by atoms with Crippen LogP contribution in [0.2, 0.25) is 0 Å². The average Bonchev–Trinajstić information content (AvgIpc) is 2.16.